The largest absolute Gasteiger partial charge is 0.463 e. The molecule has 2 aliphatic rings. The van der Waals surface area contributed by atoms with Crippen LogP contribution < -0.4 is 20.3 Å². The molecule has 208 valence electrons. The van der Waals surface area contributed by atoms with Crippen LogP contribution >= 0.6 is 0 Å². The molecule has 1 saturated heterocycles. The first-order chi connectivity index (χ1) is 18.7. The highest BCUT2D eigenvalue weighted by molar-refractivity contribution is 5.94. The number of hydrogen-bond donors (Lipinski definition) is 2. The molecule has 39 heavy (non-hydrogen) atoms. The topological polar surface area (TPSA) is 132 Å². The van der Waals surface area contributed by atoms with Gasteiger partial charge in [-0.25, -0.2) is 0 Å². The predicted octanol–water partition coefficient (Wildman–Crippen LogP) is 1.66. The molecule has 2 aliphatic heterocycles. The zero-order valence-corrected chi connectivity index (χ0v) is 23.1. The third kappa shape index (κ3) is 6.13. The van der Waals surface area contributed by atoms with Gasteiger partial charge >= 0.3 is 6.01 Å². The van der Waals surface area contributed by atoms with Crippen molar-refractivity contribution < 1.29 is 14.3 Å². The lowest BCUT2D eigenvalue weighted by molar-refractivity contribution is -0.129. The molecule has 3 N–H and O–H groups in total. The first-order valence-electron chi connectivity index (χ1n) is 13.3. The number of ether oxygens (including phenoxy) is 1. The summed E-state index contributed by atoms with van der Waals surface area (Å²) in [6, 6.07) is 4.09. The summed E-state index contributed by atoms with van der Waals surface area (Å²) < 4.78 is 5.89. The third-order valence-corrected chi connectivity index (χ3v) is 7.33. The maximum atomic E-state index is 12.1. The predicted molar refractivity (Wildman–Crippen MR) is 153 cm³/mol. The van der Waals surface area contributed by atoms with Crippen LogP contribution in [0, 0.1) is 12.3 Å². The Morgan fingerprint density at radius 3 is 2.49 bits per heavy atom. The van der Waals surface area contributed by atoms with Gasteiger partial charge in [0.05, 0.1) is 17.8 Å². The quantitative estimate of drug-likeness (QED) is 0.297. The molecular weight excluding hydrogens is 496 g/mol. The number of carbonyl (C=O) groups is 2. The second-order valence-electron chi connectivity index (χ2n) is 10.0. The molecule has 3 heterocycles. The van der Waals surface area contributed by atoms with Crippen LogP contribution in [0.3, 0.4) is 0 Å². The number of nitrogens with two attached hydrogens (primary N) is 1. The molecular formula is C28H38N8O3. The number of anilines is 3. The number of nitrogen functional groups attached to an aromatic ring is 1. The van der Waals surface area contributed by atoms with E-state index in [0.29, 0.717) is 51.3 Å². The fraction of sp³-hybridized carbons (Fsp3) is 0.464. The zero-order valence-electron chi connectivity index (χ0n) is 23.1. The lowest BCUT2D eigenvalue weighted by Gasteiger charge is -2.36. The van der Waals surface area contributed by atoms with Crippen LogP contribution in [0.5, 0.6) is 6.01 Å². The second kappa shape index (κ2) is 12.1. The van der Waals surface area contributed by atoms with E-state index in [1.165, 1.54) is 17.2 Å². The fourth-order valence-corrected chi connectivity index (χ4v) is 5.13. The van der Waals surface area contributed by atoms with E-state index in [0.717, 1.165) is 40.4 Å². The lowest BCUT2D eigenvalue weighted by atomic mass is 10.0. The molecule has 0 spiro atoms. The number of hydrogen-bond acceptors (Lipinski definition) is 9. The Morgan fingerprint density at radius 2 is 1.82 bits per heavy atom. The van der Waals surface area contributed by atoms with E-state index >= 15 is 0 Å². The summed E-state index contributed by atoms with van der Waals surface area (Å²) in [6.45, 7) is 9.69. The number of piperazine rings is 1. The summed E-state index contributed by atoms with van der Waals surface area (Å²) in [6.07, 6.45) is 4.29. The Labute approximate surface area is 229 Å². The smallest absolute Gasteiger partial charge is 0.318 e. The van der Waals surface area contributed by atoms with E-state index in [1.54, 1.807) is 19.0 Å². The van der Waals surface area contributed by atoms with Crippen molar-refractivity contribution in [2.45, 2.75) is 26.2 Å². The number of aryl methyl sites for hydroxylation is 1. The number of rotatable bonds is 8. The molecule has 0 atom stereocenters. The van der Waals surface area contributed by atoms with E-state index in [-0.39, 0.29) is 30.9 Å². The van der Waals surface area contributed by atoms with E-state index in [9.17, 15) is 9.59 Å². The van der Waals surface area contributed by atoms with Gasteiger partial charge < -0.3 is 35.5 Å². The SMILES string of the molecule is C=CC(=O)N1CCN(c2nc(OCCC(=O)N(C)C)nc3c2CCN(c2c(C)ccc(N)c2C=N)CC3)CC1. The summed E-state index contributed by atoms with van der Waals surface area (Å²) in [5, 5.41) is 7.96. The van der Waals surface area contributed by atoms with E-state index in [2.05, 4.69) is 16.4 Å². The maximum Gasteiger partial charge on any atom is 0.318 e. The number of nitrogens with zero attached hydrogens (tertiary/aromatic N) is 6. The molecule has 0 bridgehead atoms. The Balaban J connectivity index is 1.62. The molecule has 0 saturated carbocycles. The zero-order chi connectivity index (χ0) is 28.1. The van der Waals surface area contributed by atoms with Crippen molar-refractivity contribution in [1.29, 1.82) is 5.41 Å². The summed E-state index contributed by atoms with van der Waals surface area (Å²) in [5.74, 6) is 0.724. The molecule has 0 radical (unpaired) electrons. The van der Waals surface area contributed by atoms with E-state index in [1.807, 2.05) is 19.1 Å². The van der Waals surface area contributed by atoms with E-state index < -0.39 is 0 Å². The van der Waals surface area contributed by atoms with Crippen molar-refractivity contribution in [3.63, 3.8) is 0 Å². The highest BCUT2D eigenvalue weighted by Gasteiger charge is 2.28. The van der Waals surface area contributed by atoms with Gasteiger partial charge in [0.15, 0.2) is 0 Å². The maximum absolute atomic E-state index is 12.1. The molecule has 4 rings (SSSR count). The highest BCUT2D eigenvalue weighted by atomic mass is 16.5. The molecule has 11 heteroatoms. The van der Waals surface area contributed by atoms with Gasteiger partial charge in [0.25, 0.3) is 0 Å². The molecule has 0 unspecified atom stereocenters. The minimum atomic E-state index is -0.0686. The number of fused-ring (bicyclic) bond motifs is 1. The first-order valence-corrected chi connectivity index (χ1v) is 13.3. The second-order valence-corrected chi connectivity index (χ2v) is 10.0. The van der Waals surface area contributed by atoms with Crippen LogP contribution in [0.1, 0.15) is 28.8 Å². The minimum Gasteiger partial charge on any atom is -0.463 e. The Kier molecular flexibility index (Phi) is 8.68. The molecule has 11 nitrogen and oxygen atoms in total. The van der Waals surface area contributed by atoms with Gasteiger partial charge in [-0.15, -0.1) is 0 Å². The monoisotopic (exact) mass is 534 g/mol. The molecule has 1 fully saturated rings. The van der Waals surface area contributed by atoms with Crippen LogP contribution in [0.2, 0.25) is 0 Å². The van der Waals surface area contributed by atoms with Crippen molar-refractivity contribution in [3.05, 3.63) is 47.2 Å². The molecule has 1 aromatic heterocycles. The molecule has 2 amide bonds. The van der Waals surface area contributed by atoms with Crippen molar-refractivity contribution in [3.8, 4) is 6.01 Å². The minimum absolute atomic E-state index is 0.0249. The fourth-order valence-electron chi connectivity index (χ4n) is 5.13. The Hall–Kier alpha value is -4.15. The number of benzene rings is 1. The van der Waals surface area contributed by atoms with Crippen LogP contribution in [0.4, 0.5) is 17.2 Å². The third-order valence-electron chi connectivity index (χ3n) is 7.33. The van der Waals surface area contributed by atoms with Crippen LogP contribution in [-0.4, -0.2) is 97.8 Å². The summed E-state index contributed by atoms with van der Waals surface area (Å²) in [7, 11) is 3.43. The van der Waals surface area contributed by atoms with Crippen LogP contribution in [0.25, 0.3) is 0 Å². The molecule has 0 aliphatic carbocycles. The summed E-state index contributed by atoms with van der Waals surface area (Å²) in [4.78, 5) is 41.5. The van der Waals surface area contributed by atoms with Gasteiger partial charge in [-0.05, 0) is 31.1 Å². The number of aromatic nitrogens is 2. The van der Waals surface area contributed by atoms with Crippen LogP contribution in [0.15, 0.2) is 24.8 Å². The van der Waals surface area contributed by atoms with Gasteiger partial charge in [-0.2, -0.15) is 9.97 Å². The summed E-state index contributed by atoms with van der Waals surface area (Å²) in [5.41, 5.74) is 11.6. The van der Waals surface area contributed by atoms with Gasteiger partial charge in [-0.3, -0.25) is 9.59 Å². The van der Waals surface area contributed by atoms with Gasteiger partial charge in [0.2, 0.25) is 11.8 Å². The highest BCUT2D eigenvalue weighted by Crippen LogP contribution is 2.33. The average molecular weight is 535 g/mol. The molecule has 2 aromatic rings. The normalized spacial score (nSPS) is 15.3. The van der Waals surface area contributed by atoms with Crippen molar-refractivity contribution >= 4 is 35.2 Å². The van der Waals surface area contributed by atoms with Gasteiger partial charge in [-0.1, -0.05) is 12.6 Å². The van der Waals surface area contributed by atoms with Gasteiger partial charge in [0, 0.05) is 82.8 Å². The van der Waals surface area contributed by atoms with E-state index in [4.69, 9.17) is 25.8 Å². The average Bonchev–Trinajstić information content (AvgIpc) is 3.15. The van der Waals surface area contributed by atoms with Crippen molar-refractivity contribution in [2.75, 3.05) is 75.5 Å². The first kappa shape index (κ1) is 27.9. The summed E-state index contributed by atoms with van der Waals surface area (Å²) >= 11 is 0. The van der Waals surface area contributed by atoms with Gasteiger partial charge in [0.1, 0.15) is 12.4 Å². The number of carbonyl (C=O) groups excluding carboxylic acids is 2. The van der Waals surface area contributed by atoms with Crippen molar-refractivity contribution in [1.82, 2.24) is 19.8 Å². The standard InChI is InChI=1S/C28H38N8O3/c1-5-24(37)34-13-15-36(16-14-34)27-20-8-11-35(26-19(2)6-7-22(30)21(26)18-29)12-9-23(20)31-28(32-27)39-17-10-25(38)33(3)4/h5-7,18,29H,1,8-17,30H2,2-4H3. The Bertz CT molecular complexity index is 1250. The lowest BCUT2D eigenvalue weighted by Crippen LogP contribution is -2.49. The van der Waals surface area contributed by atoms with Crippen molar-refractivity contribution in [2.24, 2.45) is 0 Å². The number of amides is 2. The number of nitrogens with one attached hydrogen (secondary N) is 1. The molecule has 1 aromatic carbocycles. The van der Waals surface area contributed by atoms with Crippen LogP contribution in [-0.2, 0) is 22.4 Å². The Morgan fingerprint density at radius 1 is 1.10 bits per heavy atom.